The second kappa shape index (κ2) is 5.23. The van der Waals surface area contributed by atoms with Crippen LogP contribution >= 0.6 is 0 Å². The lowest BCUT2D eigenvalue weighted by Crippen LogP contribution is -2.05. The Morgan fingerprint density at radius 2 is 1.78 bits per heavy atom. The molecule has 0 saturated carbocycles. The van der Waals surface area contributed by atoms with Crippen LogP contribution in [-0.4, -0.2) is 18.2 Å². The molecule has 0 amide bonds. The Kier molecular flexibility index (Phi) is 3.48. The summed E-state index contributed by atoms with van der Waals surface area (Å²) in [7, 11) is 1.35. The fraction of sp³-hybridized carbons (Fsp3) is 0.0714. The highest BCUT2D eigenvalue weighted by molar-refractivity contribution is 5.96. The van der Waals surface area contributed by atoms with E-state index in [1.807, 2.05) is 6.07 Å². The number of aromatic hydroxyl groups is 1. The van der Waals surface area contributed by atoms with Gasteiger partial charge in [0.25, 0.3) is 0 Å². The molecule has 4 nitrogen and oxygen atoms in total. The first-order valence-electron chi connectivity index (χ1n) is 5.44. The molecule has 2 aromatic carbocycles. The van der Waals surface area contributed by atoms with E-state index >= 15 is 0 Å². The number of hydrogen-bond donors (Lipinski definition) is 2. The third-order valence-corrected chi connectivity index (χ3v) is 2.48. The van der Waals surface area contributed by atoms with Crippen molar-refractivity contribution in [2.75, 3.05) is 12.4 Å². The Morgan fingerprint density at radius 3 is 2.44 bits per heavy atom. The molecule has 0 bridgehead atoms. The fourth-order valence-electron chi connectivity index (χ4n) is 1.58. The normalized spacial score (nSPS) is 9.83. The molecule has 0 aromatic heterocycles. The molecule has 2 rings (SSSR count). The molecule has 18 heavy (non-hydrogen) atoms. The minimum atomic E-state index is -0.392. The number of methoxy groups -OCH3 is 1. The van der Waals surface area contributed by atoms with Crippen LogP contribution in [0.2, 0.25) is 0 Å². The Balaban J connectivity index is 2.28. The molecule has 0 aliphatic rings. The van der Waals surface area contributed by atoms with Crippen LogP contribution in [0.1, 0.15) is 10.4 Å². The zero-order chi connectivity index (χ0) is 13.0. The van der Waals surface area contributed by atoms with E-state index in [9.17, 15) is 9.90 Å². The lowest BCUT2D eigenvalue weighted by atomic mass is 10.1. The molecule has 0 fully saturated rings. The number of anilines is 2. The summed E-state index contributed by atoms with van der Waals surface area (Å²) in [6, 6.07) is 13.7. The minimum Gasteiger partial charge on any atom is -0.508 e. The molecule has 0 saturated heterocycles. The number of ether oxygens (including phenoxy) is 1. The van der Waals surface area contributed by atoms with E-state index in [-0.39, 0.29) is 5.75 Å². The number of esters is 1. The van der Waals surface area contributed by atoms with E-state index in [1.165, 1.54) is 7.11 Å². The van der Waals surface area contributed by atoms with Gasteiger partial charge in [-0.05, 0) is 36.4 Å². The highest BCUT2D eigenvalue weighted by Crippen LogP contribution is 2.22. The summed E-state index contributed by atoms with van der Waals surface area (Å²) in [6.07, 6.45) is 0. The van der Waals surface area contributed by atoms with Gasteiger partial charge < -0.3 is 15.2 Å². The standard InChI is InChI=1S/C14H13NO3/c1-18-14(17)12-4-2-3-5-13(12)15-10-6-8-11(16)9-7-10/h2-9,15-16H,1H3. The van der Waals surface area contributed by atoms with Crippen molar-refractivity contribution < 1.29 is 14.6 Å². The van der Waals surface area contributed by atoms with Gasteiger partial charge in [0.2, 0.25) is 0 Å². The molecule has 0 aliphatic carbocycles. The molecular weight excluding hydrogens is 230 g/mol. The first-order valence-corrected chi connectivity index (χ1v) is 5.44. The maximum absolute atomic E-state index is 11.6. The first kappa shape index (κ1) is 12.0. The van der Waals surface area contributed by atoms with Crippen LogP contribution in [0.5, 0.6) is 5.75 Å². The van der Waals surface area contributed by atoms with Gasteiger partial charge in [-0.1, -0.05) is 12.1 Å². The lowest BCUT2D eigenvalue weighted by molar-refractivity contribution is 0.0602. The topological polar surface area (TPSA) is 58.6 Å². The fourth-order valence-corrected chi connectivity index (χ4v) is 1.58. The van der Waals surface area contributed by atoms with Crippen molar-refractivity contribution in [2.45, 2.75) is 0 Å². The van der Waals surface area contributed by atoms with Crippen LogP contribution in [0, 0.1) is 0 Å². The first-order chi connectivity index (χ1) is 8.70. The molecule has 0 unspecified atom stereocenters. The van der Waals surface area contributed by atoms with E-state index in [1.54, 1.807) is 42.5 Å². The van der Waals surface area contributed by atoms with E-state index in [4.69, 9.17) is 4.74 Å². The van der Waals surface area contributed by atoms with Crippen LogP contribution in [0.15, 0.2) is 48.5 Å². The highest BCUT2D eigenvalue weighted by atomic mass is 16.5. The molecule has 2 N–H and O–H groups in total. The molecule has 0 radical (unpaired) electrons. The van der Waals surface area contributed by atoms with Crippen LogP contribution in [0.4, 0.5) is 11.4 Å². The predicted octanol–water partition coefficient (Wildman–Crippen LogP) is 2.92. The maximum Gasteiger partial charge on any atom is 0.339 e. The quantitative estimate of drug-likeness (QED) is 0.642. The van der Waals surface area contributed by atoms with E-state index in [0.717, 1.165) is 5.69 Å². The lowest BCUT2D eigenvalue weighted by Gasteiger charge is -2.10. The molecule has 2 aromatic rings. The number of benzene rings is 2. The van der Waals surface area contributed by atoms with E-state index in [0.29, 0.717) is 11.3 Å². The Labute approximate surface area is 105 Å². The van der Waals surface area contributed by atoms with Gasteiger partial charge in [-0.15, -0.1) is 0 Å². The van der Waals surface area contributed by atoms with Gasteiger partial charge in [0, 0.05) is 5.69 Å². The van der Waals surface area contributed by atoms with Crippen molar-refractivity contribution in [3.8, 4) is 5.75 Å². The minimum absolute atomic E-state index is 0.196. The summed E-state index contributed by atoms with van der Waals surface area (Å²) < 4.78 is 4.71. The molecule has 0 aliphatic heterocycles. The van der Waals surface area contributed by atoms with Crippen molar-refractivity contribution in [1.82, 2.24) is 0 Å². The number of carbonyl (C=O) groups excluding carboxylic acids is 1. The molecule has 92 valence electrons. The Bertz CT molecular complexity index is 549. The van der Waals surface area contributed by atoms with Gasteiger partial charge in [-0.3, -0.25) is 0 Å². The summed E-state index contributed by atoms with van der Waals surface area (Å²) in [4.78, 5) is 11.6. The van der Waals surface area contributed by atoms with E-state index in [2.05, 4.69) is 5.32 Å². The largest absolute Gasteiger partial charge is 0.508 e. The zero-order valence-electron chi connectivity index (χ0n) is 9.88. The summed E-state index contributed by atoms with van der Waals surface area (Å²) in [5.74, 6) is -0.196. The number of phenols is 1. The number of para-hydroxylation sites is 1. The second-order valence-electron chi connectivity index (χ2n) is 3.71. The Morgan fingerprint density at radius 1 is 1.11 bits per heavy atom. The van der Waals surface area contributed by atoms with Gasteiger partial charge in [0.05, 0.1) is 18.4 Å². The number of phenolic OH excluding ortho intramolecular Hbond substituents is 1. The smallest absolute Gasteiger partial charge is 0.339 e. The summed E-state index contributed by atoms with van der Waals surface area (Å²) >= 11 is 0. The van der Waals surface area contributed by atoms with Gasteiger partial charge in [0.15, 0.2) is 0 Å². The van der Waals surface area contributed by atoms with Crippen molar-refractivity contribution >= 4 is 17.3 Å². The van der Waals surface area contributed by atoms with Gasteiger partial charge >= 0.3 is 5.97 Å². The van der Waals surface area contributed by atoms with Crippen molar-refractivity contribution in [1.29, 1.82) is 0 Å². The molecular formula is C14H13NO3. The third kappa shape index (κ3) is 2.60. The maximum atomic E-state index is 11.6. The highest BCUT2D eigenvalue weighted by Gasteiger charge is 2.10. The average Bonchev–Trinajstić information content (AvgIpc) is 2.41. The summed E-state index contributed by atoms with van der Waals surface area (Å²) in [5.41, 5.74) is 1.91. The summed E-state index contributed by atoms with van der Waals surface area (Å²) in [6.45, 7) is 0. The molecule has 4 heteroatoms. The van der Waals surface area contributed by atoms with Crippen LogP contribution in [-0.2, 0) is 4.74 Å². The average molecular weight is 243 g/mol. The van der Waals surface area contributed by atoms with Gasteiger partial charge in [-0.25, -0.2) is 4.79 Å². The Hall–Kier alpha value is -2.49. The van der Waals surface area contributed by atoms with Gasteiger partial charge in [0.1, 0.15) is 5.75 Å². The van der Waals surface area contributed by atoms with E-state index < -0.39 is 5.97 Å². The van der Waals surface area contributed by atoms with Crippen molar-refractivity contribution in [3.63, 3.8) is 0 Å². The molecule has 0 atom stereocenters. The molecule has 0 heterocycles. The monoisotopic (exact) mass is 243 g/mol. The third-order valence-electron chi connectivity index (χ3n) is 2.48. The number of nitrogens with one attached hydrogen (secondary N) is 1. The van der Waals surface area contributed by atoms with Crippen molar-refractivity contribution in [3.05, 3.63) is 54.1 Å². The van der Waals surface area contributed by atoms with Crippen LogP contribution < -0.4 is 5.32 Å². The summed E-state index contributed by atoms with van der Waals surface area (Å²) in [5, 5.41) is 12.3. The molecule has 0 spiro atoms. The van der Waals surface area contributed by atoms with Gasteiger partial charge in [-0.2, -0.15) is 0 Å². The SMILES string of the molecule is COC(=O)c1ccccc1Nc1ccc(O)cc1. The predicted molar refractivity (Wildman–Crippen MR) is 69.2 cm³/mol. The van der Waals surface area contributed by atoms with Crippen LogP contribution in [0.25, 0.3) is 0 Å². The zero-order valence-corrected chi connectivity index (χ0v) is 9.88. The number of carbonyl (C=O) groups is 1. The number of rotatable bonds is 3. The van der Waals surface area contributed by atoms with Crippen LogP contribution in [0.3, 0.4) is 0 Å². The van der Waals surface area contributed by atoms with Crippen molar-refractivity contribution in [2.24, 2.45) is 0 Å². The number of hydrogen-bond acceptors (Lipinski definition) is 4. The second-order valence-corrected chi connectivity index (χ2v) is 3.71.